The van der Waals surface area contributed by atoms with Crippen molar-refractivity contribution in [3.8, 4) is 23.0 Å². The van der Waals surface area contributed by atoms with Crippen molar-refractivity contribution in [1.82, 2.24) is 0 Å². The first-order valence-corrected chi connectivity index (χ1v) is 12.6. The van der Waals surface area contributed by atoms with Crippen LogP contribution in [0, 0.1) is 11.6 Å². The van der Waals surface area contributed by atoms with Crippen molar-refractivity contribution >= 4 is 23.9 Å². The summed E-state index contributed by atoms with van der Waals surface area (Å²) in [6, 6.07) is 4.62. The summed E-state index contributed by atoms with van der Waals surface area (Å²) in [5.41, 5.74) is -7.33. The number of carbonyl (C=O) groups excluding carboxylic acids is 4. The summed E-state index contributed by atoms with van der Waals surface area (Å²) in [6.45, 7) is 4.82. The minimum Gasteiger partial charge on any atom is -0.457 e. The third-order valence-electron chi connectivity index (χ3n) is 5.61. The second-order valence-electron chi connectivity index (χ2n) is 8.73. The maximum absolute atomic E-state index is 14.6. The molecular weight excluding hydrogens is 672 g/mol. The molecule has 48 heavy (non-hydrogen) atoms. The smallest absolute Gasteiger partial charge is 0.420 e. The second-order valence-corrected chi connectivity index (χ2v) is 8.73. The molecule has 0 spiro atoms. The van der Waals surface area contributed by atoms with Crippen LogP contribution in [0.3, 0.4) is 0 Å². The first-order valence-electron chi connectivity index (χ1n) is 12.6. The average Bonchev–Trinajstić information content (AvgIpc) is 3.00. The van der Waals surface area contributed by atoms with Gasteiger partial charge < -0.3 is 28.4 Å². The van der Waals surface area contributed by atoms with Gasteiger partial charge >= 0.3 is 36.2 Å². The molecule has 18 heteroatoms. The third kappa shape index (κ3) is 9.30. The quantitative estimate of drug-likeness (QED) is 0.0678. The highest BCUT2D eigenvalue weighted by atomic mass is 19.4. The predicted octanol–water partition coefficient (Wildman–Crippen LogP) is 6.57. The van der Waals surface area contributed by atoms with Gasteiger partial charge in [0, 0.05) is 24.3 Å². The molecule has 3 aromatic rings. The highest BCUT2D eigenvalue weighted by Crippen LogP contribution is 2.49. The molecule has 0 aliphatic heterocycles. The Morgan fingerprint density at radius 2 is 0.958 bits per heavy atom. The first kappa shape index (κ1) is 36.5. The lowest BCUT2D eigenvalue weighted by Crippen LogP contribution is -2.23. The molecule has 0 N–H and O–H groups in total. The van der Waals surface area contributed by atoms with E-state index in [0.29, 0.717) is 24.3 Å². The van der Waals surface area contributed by atoms with Crippen LogP contribution in [-0.2, 0) is 31.4 Å². The van der Waals surface area contributed by atoms with E-state index in [4.69, 9.17) is 9.47 Å². The topological polar surface area (TPSA) is 124 Å². The number of hydrogen-bond acceptors (Lipinski definition) is 10. The first-order chi connectivity index (χ1) is 22.5. The summed E-state index contributed by atoms with van der Waals surface area (Å²) < 4.78 is 141. The van der Waals surface area contributed by atoms with Gasteiger partial charge in [0.1, 0.15) is 45.8 Å². The van der Waals surface area contributed by atoms with E-state index in [1.165, 1.54) is 0 Å². The van der Waals surface area contributed by atoms with E-state index in [-0.39, 0.29) is 23.6 Å². The van der Waals surface area contributed by atoms with Gasteiger partial charge in [-0.05, 0) is 36.4 Å². The SMILES string of the molecule is C=CC(=O)OCOc1ccc(C(=O)Oc2ccc(OC(=O)c3ccc(OCOC(=O)C=C)cc3F)c(C(F)(F)F)c2C(F)(F)F)c(F)c1. The molecule has 0 saturated heterocycles. The van der Waals surface area contributed by atoms with Crippen LogP contribution in [0.1, 0.15) is 31.8 Å². The molecule has 0 atom stereocenters. The number of alkyl halides is 6. The average molecular weight is 690 g/mol. The molecule has 0 radical (unpaired) electrons. The standard InChI is InChI=1S/C30H18F8O10/c1-3-23(39)45-13-43-15-5-7-17(19(31)11-15)27(41)47-21-9-10-22(26(30(36,37)38)25(21)29(33,34)35)48-28(42)18-8-6-16(12-20(18)32)44-14-46-24(40)4-2/h3-12H,1-2,13-14H2. The zero-order chi connectivity index (χ0) is 35.8. The molecule has 0 unspecified atom stereocenters. The summed E-state index contributed by atoms with van der Waals surface area (Å²) in [5.74, 6) is -12.6. The zero-order valence-electron chi connectivity index (χ0n) is 23.7. The van der Waals surface area contributed by atoms with E-state index in [1.54, 1.807) is 0 Å². The monoisotopic (exact) mass is 690 g/mol. The molecule has 0 fully saturated rings. The molecule has 0 aliphatic carbocycles. The van der Waals surface area contributed by atoms with Crippen molar-refractivity contribution < 1.29 is 82.7 Å². The second kappa shape index (κ2) is 15.1. The lowest BCUT2D eigenvalue weighted by atomic mass is 10.0. The normalized spacial score (nSPS) is 11.2. The van der Waals surface area contributed by atoms with E-state index in [2.05, 4.69) is 32.1 Å². The van der Waals surface area contributed by atoms with Crippen molar-refractivity contribution in [3.63, 3.8) is 0 Å². The van der Waals surface area contributed by atoms with Crippen molar-refractivity contribution in [2.24, 2.45) is 0 Å². The van der Waals surface area contributed by atoms with Crippen LogP contribution in [-0.4, -0.2) is 37.5 Å². The van der Waals surface area contributed by atoms with E-state index >= 15 is 0 Å². The Hall–Kier alpha value is -5.94. The Kier molecular flexibility index (Phi) is 11.5. The van der Waals surface area contributed by atoms with Gasteiger partial charge in [-0.15, -0.1) is 0 Å². The fourth-order valence-electron chi connectivity index (χ4n) is 3.54. The molecule has 0 aromatic heterocycles. The Morgan fingerprint density at radius 1 is 0.604 bits per heavy atom. The molecule has 0 amide bonds. The predicted molar refractivity (Wildman–Crippen MR) is 143 cm³/mol. The number of ether oxygens (including phenoxy) is 6. The van der Waals surface area contributed by atoms with Crippen LogP contribution in [0.15, 0.2) is 73.8 Å². The summed E-state index contributed by atoms with van der Waals surface area (Å²) in [5, 5.41) is 0. The van der Waals surface area contributed by atoms with Crippen LogP contribution in [0.2, 0.25) is 0 Å². The van der Waals surface area contributed by atoms with E-state index in [0.717, 1.165) is 24.3 Å². The molecule has 254 valence electrons. The van der Waals surface area contributed by atoms with Gasteiger partial charge in [0.25, 0.3) is 0 Å². The van der Waals surface area contributed by atoms with Gasteiger partial charge in [-0.1, -0.05) is 13.2 Å². The number of rotatable bonds is 12. The molecule has 0 bridgehead atoms. The summed E-state index contributed by atoms with van der Waals surface area (Å²) in [6.07, 6.45) is -10.2. The van der Waals surface area contributed by atoms with Crippen LogP contribution in [0.25, 0.3) is 0 Å². The Morgan fingerprint density at radius 3 is 1.25 bits per heavy atom. The van der Waals surface area contributed by atoms with Gasteiger partial charge in [-0.25, -0.2) is 28.0 Å². The van der Waals surface area contributed by atoms with E-state index < -0.39 is 95.2 Å². The van der Waals surface area contributed by atoms with Crippen molar-refractivity contribution in [3.05, 3.63) is 108 Å². The summed E-state index contributed by atoms with van der Waals surface area (Å²) in [7, 11) is 0. The third-order valence-corrected chi connectivity index (χ3v) is 5.61. The van der Waals surface area contributed by atoms with Gasteiger partial charge in [-0.2, -0.15) is 26.3 Å². The Balaban J connectivity index is 1.91. The summed E-state index contributed by atoms with van der Waals surface area (Å²) in [4.78, 5) is 47.2. The lowest BCUT2D eigenvalue weighted by molar-refractivity contribution is -0.163. The molecule has 0 heterocycles. The fraction of sp³-hybridized carbons (Fsp3) is 0.133. The van der Waals surface area contributed by atoms with E-state index in [1.807, 2.05) is 0 Å². The molecule has 3 aromatic carbocycles. The Labute approximate surface area is 263 Å². The number of esters is 4. The lowest BCUT2D eigenvalue weighted by Gasteiger charge is -2.21. The highest BCUT2D eigenvalue weighted by molar-refractivity contribution is 5.93. The number of halogens is 8. The molecule has 10 nitrogen and oxygen atoms in total. The van der Waals surface area contributed by atoms with Crippen LogP contribution >= 0.6 is 0 Å². The molecular formula is C30H18F8O10. The van der Waals surface area contributed by atoms with Crippen LogP contribution in [0.5, 0.6) is 23.0 Å². The number of carbonyl (C=O) groups is 4. The van der Waals surface area contributed by atoms with Crippen LogP contribution < -0.4 is 18.9 Å². The number of benzene rings is 3. The van der Waals surface area contributed by atoms with Crippen molar-refractivity contribution in [2.75, 3.05) is 13.6 Å². The van der Waals surface area contributed by atoms with Gasteiger partial charge in [-0.3, -0.25) is 0 Å². The van der Waals surface area contributed by atoms with Crippen LogP contribution in [0.4, 0.5) is 35.1 Å². The maximum atomic E-state index is 14.6. The van der Waals surface area contributed by atoms with Crippen molar-refractivity contribution in [1.29, 1.82) is 0 Å². The maximum Gasteiger partial charge on any atom is 0.420 e. The largest absolute Gasteiger partial charge is 0.457 e. The molecule has 0 saturated carbocycles. The minimum atomic E-state index is -5.92. The minimum absolute atomic E-state index is 0.194. The summed E-state index contributed by atoms with van der Waals surface area (Å²) >= 11 is 0. The zero-order valence-corrected chi connectivity index (χ0v) is 23.7. The van der Waals surface area contributed by atoms with Gasteiger partial charge in [0.05, 0.1) is 11.1 Å². The van der Waals surface area contributed by atoms with Gasteiger partial charge in [0.2, 0.25) is 13.6 Å². The fourth-order valence-corrected chi connectivity index (χ4v) is 3.54. The van der Waals surface area contributed by atoms with E-state index in [9.17, 15) is 54.3 Å². The Bertz CT molecular complexity index is 1620. The van der Waals surface area contributed by atoms with Crippen molar-refractivity contribution in [2.45, 2.75) is 12.4 Å². The van der Waals surface area contributed by atoms with Gasteiger partial charge in [0.15, 0.2) is 0 Å². The highest BCUT2D eigenvalue weighted by Gasteiger charge is 2.49. The number of hydrogen-bond donors (Lipinski definition) is 0. The molecule has 3 rings (SSSR count). The molecule has 0 aliphatic rings.